The normalized spacial score (nSPS) is 16.7. The molecule has 1 fully saturated rings. The molecule has 1 amide bonds. The zero-order valence-corrected chi connectivity index (χ0v) is 16.8. The number of aromatic amines is 1. The second-order valence-electron chi connectivity index (χ2n) is 6.61. The molecule has 3 aromatic rings. The maximum atomic E-state index is 13.0. The first-order chi connectivity index (χ1) is 14.2. The highest BCUT2D eigenvalue weighted by Gasteiger charge is 2.32. The van der Waals surface area contributed by atoms with E-state index in [1.54, 1.807) is 17.2 Å². The Morgan fingerprint density at radius 1 is 1.17 bits per heavy atom. The Bertz CT molecular complexity index is 1100. The minimum atomic E-state index is -0.0824. The van der Waals surface area contributed by atoms with Crippen molar-refractivity contribution in [3.05, 3.63) is 89.5 Å². The molecule has 144 valence electrons. The van der Waals surface area contributed by atoms with Crippen LogP contribution in [0.15, 0.2) is 83.3 Å². The molecule has 1 saturated heterocycles. The van der Waals surface area contributed by atoms with E-state index >= 15 is 0 Å². The van der Waals surface area contributed by atoms with Gasteiger partial charge in [0.05, 0.1) is 22.5 Å². The van der Waals surface area contributed by atoms with Crippen LogP contribution < -0.4 is 0 Å². The molecular weight excluding hydrogens is 380 g/mol. The van der Waals surface area contributed by atoms with Crippen LogP contribution >= 0.6 is 11.8 Å². The van der Waals surface area contributed by atoms with Gasteiger partial charge in [-0.3, -0.25) is 14.8 Å². The van der Waals surface area contributed by atoms with E-state index in [1.165, 1.54) is 17.3 Å². The summed E-state index contributed by atoms with van der Waals surface area (Å²) in [7, 11) is 0. The number of aliphatic imine (C=N–C) groups is 1. The molecular formula is C23H20N4OS. The van der Waals surface area contributed by atoms with Crippen molar-refractivity contribution < 1.29 is 4.79 Å². The molecule has 0 spiro atoms. The Hall–Kier alpha value is -3.38. The molecule has 4 rings (SSSR count). The molecule has 2 aromatic carbocycles. The molecule has 6 heteroatoms. The number of benzene rings is 2. The third kappa shape index (κ3) is 4.07. The average molecular weight is 401 g/mol. The summed E-state index contributed by atoms with van der Waals surface area (Å²) in [6.45, 7) is 6.21. The van der Waals surface area contributed by atoms with E-state index in [0.29, 0.717) is 16.6 Å². The highest BCUT2D eigenvalue weighted by molar-refractivity contribution is 8.18. The Kier molecular flexibility index (Phi) is 5.44. The number of hydrogen-bond donors (Lipinski definition) is 1. The predicted molar refractivity (Wildman–Crippen MR) is 120 cm³/mol. The molecule has 0 atom stereocenters. The van der Waals surface area contributed by atoms with Gasteiger partial charge in [0.1, 0.15) is 0 Å². The topological polar surface area (TPSA) is 61.4 Å². The maximum Gasteiger partial charge on any atom is 0.267 e. The molecule has 0 aliphatic carbocycles. The van der Waals surface area contributed by atoms with Crippen molar-refractivity contribution in [2.45, 2.75) is 6.92 Å². The number of hydrogen-bond acceptors (Lipinski definition) is 4. The van der Waals surface area contributed by atoms with Gasteiger partial charge in [0.2, 0.25) is 0 Å². The van der Waals surface area contributed by atoms with Crippen molar-refractivity contribution in [1.82, 2.24) is 15.1 Å². The Morgan fingerprint density at radius 2 is 1.93 bits per heavy atom. The standard InChI is InChI=1S/C23H20N4OS/c1-3-13-27-22(28)20(29-23(27)25-19-11-9-16(2)10-12-19)14-18-15-24-26-21(18)17-7-5-4-6-8-17/h3-12,14-15H,1,13H2,2H3,(H,24,26)/b20-14-,25-23?. The lowest BCUT2D eigenvalue weighted by Gasteiger charge is -2.12. The molecule has 1 N–H and O–H groups in total. The van der Waals surface area contributed by atoms with E-state index in [1.807, 2.05) is 67.6 Å². The minimum absolute atomic E-state index is 0.0824. The SMILES string of the molecule is C=CCN1C(=O)/C(=C/c2cn[nH]c2-c2ccccc2)SC1=Nc1ccc(C)cc1. The van der Waals surface area contributed by atoms with Gasteiger partial charge in [-0.1, -0.05) is 54.1 Å². The van der Waals surface area contributed by atoms with Crippen molar-refractivity contribution in [3.63, 3.8) is 0 Å². The first-order valence-corrected chi connectivity index (χ1v) is 10.0. The third-order valence-electron chi connectivity index (χ3n) is 4.48. The van der Waals surface area contributed by atoms with Crippen LogP contribution in [0, 0.1) is 6.92 Å². The maximum absolute atomic E-state index is 13.0. The Labute approximate surface area is 173 Å². The summed E-state index contributed by atoms with van der Waals surface area (Å²) in [6.07, 6.45) is 5.31. The highest BCUT2D eigenvalue weighted by atomic mass is 32.2. The predicted octanol–water partition coefficient (Wildman–Crippen LogP) is 5.18. The zero-order valence-electron chi connectivity index (χ0n) is 16.0. The molecule has 1 aliphatic heterocycles. The number of carbonyl (C=O) groups excluding carboxylic acids is 1. The summed E-state index contributed by atoms with van der Waals surface area (Å²) in [6, 6.07) is 17.8. The number of aryl methyl sites for hydroxylation is 1. The molecule has 1 aromatic heterocycles. The van der Waals surface area contributed by atoms with Crippen molar-refractivity contribution in [3.8, 4) is 11.3 Å². The van der Waals surface area contributed by atoms with Crippen molar-refractivity contribution in [2.24, 2.45) is 4.99 Å². The lowest BCUT2D eigenvalue weighted by Crippen LogP contribution is -2.29. The number of nitrogens with one attached hydrogen (secondary N) is 1. The summed E-state index contributed by atoms with van der Waals surface area (Å²) in [5.41, 5.74) is 4.74. The largest absolute Gasteiger partial charge is 0.283 e. The lowest BCUT2D eigenvalue weighted by molar-refractivity contribution is -0.121. The van der Waals surface area contributed by atoms with Crippen LogP contribution in [-0.4, -0.2) is 32.7 Å². The third-order valence-corrected chi connectivity index (χ3v) is 5.48. The number of thioether (sulfide) groups is 1. The van der Waals surface area contributed by atoms with Crippen LogP contribution in [0.1, 0.15) is 11.1 Å². The molecule has 5 nitrogen and oxygen atoms in total. The van der Waals surface area contributed by atoms with E-state index in [-0.39, 0.29) is 5.91 Å². The zero-order chi connectivity index (χ0) is 20.2. The van der Waals surface area contributed by atoms with Crippen LogP contribution in [0.25, 0.3) is 17.3 Å². The fraction of sp³-hybridized carbons (Fsp3) is 0.0870. The number of aromatic nitrogens is 2. The number of rotatable bonds is 5. The summed E-state index contributed by atoms with van der Waals surface area (Å²) in [5.74, 6) is -0.0824. The molecule has 1 aliphatic rings. The summed E-state index contributed by atoms with van der Waals surface area (Å²) in [5, 5.41) is 7.84. The number of carbonyl (C=O) groups is 1. The van der Waals surface area contributed by atoms with Gasteiger partial charge in [-0.15, -0.1) is 6.58 Å². The van der Waals surface area contributed by atoms with Gasteiger partial charge in [0.25, 0.3) is 5.91 Å². The van der Waals surface area contributed by atoms with Gasteiger partial charge in [-0.05, 0) is 36.9 Å². The molecule has 2 heterocycles. The summed E-state index contributed by atoms with van der Waals surface area (Å²) >= 11 is 1.37. The molecule has 29 heavy (non-hydrogen) atoms. The van der Waals surface area contributed by atoms with E-state index in [0.717, 1.165) is 22.5 Å². The number of H-pyrrole nitrogens is 1. The van der Waals surface area contributed by atoms with E-state index in [2.05, 4.69) is 21.8 Å². The minimum Gasteiger partial charge on any atom is -0.283 e. The number of amides is 1. The van der Waals surface area contributed by atoms with E-state index in [9.17, 15) is 4.79 Å². The highest BCUT2D eigenvalue weighted by Crippen LogP contribution is 2.35. The Balaban J connectivity index is 1.69. The van der Waals surface area contributed by atoms with Gasteiger partial charge >= 0.3 is 0 Å². The number of nitrogens with zero attached hydrogens (tertiary/aromatic N) is 3. The molecule has 0 bridgehead atoms. The van der Waals surface area contributed by atoms with Crippen LogP contribution in [0.4, 0.5) is 5.69 Å². The smallest absolute Gasteiger partial charge is 0.267 e. The molecule has 0 saturated carbocycles. The van der Waals surface area contributed by atoms with E-state index in [4.69, 9.17) is 0 Å². The lowest BCUT2D eigenvalue weighted by atomic mass is 10.1. The van der Waals surface area contributed by atoms with Gasteiger partial charge in [0.15, 0.2) is 5.17 Å². The first-order valence-electron chi connectivity index (χ1n) is 9.22. The van der Waals surface area contributed by atoms with Gasteiger partial charge in [-0.25, -0.2) is 4.99 Å². The van der Waals surface area contributed by atoms with Crippen molar-refractivity contribution >= 4 is 34.6 Å². The second kappa shape index (κ2) is 8.32. The summed E-state index contributed by atoms with van der Waals surface area (Å²) < 4.78 is 0. The van der Waals surface area contributed by atoms with Gasteiger partial charge in [-0.2, -0.15) is 5.10 Å². The fourth-order valence-corrected chi connectivity index (χ4v) is 3.99. The average Bonchev–Trinajstić information content (AvgIpc) is 3.31. The fourth-order valence-electron chi connectivity index (χ4n) is 2.99. The first kappa shape index (κ1) is 19.0. The van der Waals surface area contributed by atoms with Crippen molar-refractivity contribution in [2.75, 3.05) is 6.54 Å². The van der Waals surface area contributed by atoms with Crippen LogP contribution in [-0.2, 0) is 4.79 Å². The quantitative estimate of drug-likeness (QED) is 0.474. The van der Waals surface area contributed by atoms with Gasteiger partial charge < -0.3 is 0 Å². The number of amidine groups is 1. The summed E-state index contributed by atoms with van der Waals surface area (Å²) in [4.78, 5) is 19.9. The van der Waals surface area contributed by atoms with Crippen LogP contribution in [0.3, 0.4) is 0 Å². The Morgan fingerprint density at radius 3 is 2.66 bits per heavy atom. The van der Waals surface area contributed by atoms with Crippen LogP contribution in [0.2, 0.25) is 0 Å². The van der Waals surface area contributed by atoms with E-state index < -0.39 is 0 Å². The van der Waals surface area contributed by atoms with Gasteiger partial charge in [0, 0.05) is 17.7 Å². The van der Waals surface area contributed by atoms with Crippen LogP contribution in [0.5, 0.6) is 0 Å². The molecule has 0 unspecified atom stereocenters. The van der Waals surface area contributed by atoms with Crippen molar-refractivity contribution in [1.29, 1.82) is 0 Å². The molecule has 0 radical (unpaired) electrons. The second-order valence-corrected chi connectivity index (χ2v) is 7.62. The monoisotopic (exact) mass is 400 g/mol.